The summed E-state index contributed by atoms with van der Waals surface area (Å²) < 4.78 is 1.68. The highest BCUT2D eigenvalue weighted by Gasteiger charge is 2.25. The molecule has 2 heterocycles. The standard InChI is InChI=1S/C31H26N2O2S2/c1-20-12-17-25-27(18-20)37-29-28(25)30(35)33(24-10-6-3-7-11-24)31(32-29)36-19-26(34)23-15-13-22(14-16-23)21-8-4-2-5-9-21/h2-11,13-16,20H,12,17-19H2,1H3/t20-/m1/s1. The van der Waals surface area contributed by atoms with Crippen molar-refractivity contribution in [3.63, 3.8) is 0 Å². The van der Waals surface area contributed by atoms with Gasteiger partial charge in [-0.2, -0.15) is 0 Å². The van der Waals surface area contributed by atoms with Crippen molar-refractivity contribution in [2.24, 2.45) is 5.92 Å². The molecule has 1 atom stereocenters. The van der Waals surface area contributed by atoms with Gasteiger partial charge >= 0.3 is 0 Å². The van der Waals surface area contributed by atoms with E-state index in [1.165, 1.54) is 22.2 Å². The molecule has 184 valence electrons. The van der Waals surface area contributed by atoms with E-state index in [0.29, 0.717) is 16.6 Å². The Kier molecular flexibility index (Phi) is 6.53. The first-order chi connectivity index (χ1) is 18.1. The van der Waals surface area contributed by atoms with Crippen LogP contribution in [0.3, 0.4) is 0 Å². The second kappa shape index (κ2) is 10.1. The Balaban J connectivity index is 1.33. The first kappa shape index (κ1) is 23.9. The van der Waals surface area contributed by atoms with Crippen molar-refractivity contribution in [2.75, 3.05) is 5.75 Å². The molecule has 0 bridgehead atoms. The number of nitrogens with zero attached hydrogens (tertiary/aromatic N) is 2. The van der Waals surface area contributed by atoms with E-state index in [1.54, 1.807) is 15.9 Å². The summed E-state index contributed by atoms with van der Waals surface area (Å²) in [4.78, 5) is 34.0. The van der Waals surface area contributed by atoms with E-state index < -0.39 is 0 Å². The highest BCUT2D eigenvalue weighted by atomic mass is 32.2. The van der Waals surface area contributed by atoms with Crippen LogP contribution in [0, 0.1) is 5.92 Å². The van der Waals surface area contributed by atoms with Gasteiger partial charge in [-0.25, -0.2) is 4.98 Å². The van der Waals surface area contributed by atoms with E-state index in [4.69, 9.17) is 4.98 Å². The molecule has 0 saturated carbocycles. The number of ketones is 1. The summed E-state index contributed by atoms with van der Waals surface area (Å²) in [6, 6.07) is 27.4. The number of hydrogen-bond donors (Lipinski definition) is 0. The molecule has 0 amide bonds. The van der Waals surface area contributed by atoms with Gasteiger partial charge in [0.15, 0.2) is 10.9 Å². The van der Waals surface area contributed by atoms with Crippen LogP contribution in [0.25, 0.3) is 27.0 Å². The average Bonchev–Trinajstić information content (AvgIpc) is 3.30. The van der Waals surface area contributed by atoms with E-state index in [2.05, 4.69) is 19.1 Å². The molecule has 0 N–H and O–H groups in total. The Hall–Kier alpha value is -3.48. The van der Waals surface area contributed by atoms with Gasteiger partial charge in [0.25, 0.3) is 5.56 Å². The van der Waals surface area contributed by atoms with Gasteiger partial charge in [-0.15, -0.1) is 11.3 Å². The van der Waals surface area contributed by atoms with Crippen LogP contribution in [-0.4, -0.2) is 21.1 Å². The molecule has 1 aliphatic carbocycles. The van der Waals surface area contributed by atoms with E-state index >= 15 is 0 Å². The normalized spacial score (nSPS) is 15.0. The number of hydrogen-bond acceptors (Lipinski definition) is 5. The SMILES string of the molecule is C[C@@H]1CCc2c(sc3nc(SCC(=O)c4ccc(-c5ccccc5)cc4)n(-c4ccccc4)c(=O)c23)C1. The Morgan fingerprint density at radius 1 is 0.973 bits per heavy atom. The molecule has 3 aromatic carbocycles. The lowest BCUT2D eigenvalue weighted by Crippen LogP contribution is -2.23. The smallest absolute Gasteiger partial charge is 0.267 e. The van der Waals surface area contributed by atoms with Crippen molar-refractivity contribution in [1.82, 2.24) is 9.55 Å². The Labute approximate surface area is 224 Å². The molecule has 6 rings (SSSR count). The number of para-hydroxylation sites is 1. The van der Waals surface area contributed by atoms with Crippen LogP contribution in [0.15, 0.2) is 94.9 Å². The lowest BCUT2D eigenvalue weighted by molar-refractivity contribution is 0.102. The summed E-state index contributed by atoms with van der Waals surface area (Å²) in [5.74, 6) is 0.840. The number of carbonyl (C=O) groups excluding carboxylic acids is 1. The average molecular weight is 523 g/mol. The van der Waals surface area contributed by atoms with Crippen LogP contribution in [0.4, 0.5) is 0 Å². The van der Waals surface area contributed by atoms with Gasteiger partial charge in [0, 0.05) is 10.4 Å². The second-order valence-electron chi connectivity index (χ2n) is 9.56. The van der Waals surface area contributed by atoms with Crippen molar-refractivity contribution >= 4 is 39.1 Å². The van der Waals surface area contributed by atoms with E-state index in [9.17, 15) is 9.59 Å². The number of aryl methyl sites for hydroxylation is 1. The topological polar surface area (TPSA) is 52.0 Å². The molecule has 0 spiro atoms. The van der Waals surface area contributed by atoms with Gasteiger partial charge in [0.1, 0.15) is 4.83 Å². The summed E-state index contributed by atoms with van der Waals surface area (Å²) in [7, 11) is 0. The van der Waals surface area contributed by atoms with Crippen LogP contribution in [0.2, 0.25) is 0 Å². The molecule has 37 heavy (non-hydrogen) atoms. The molecule has 2 aromatic heterocycles. The Morgan fingerprint density at radius 2 is 1.65 bits per heavy atom. The molecule has 0 unspecified atom stereocenters. The number of thiophene rings is 1. The van der Waals surface area contributed by atoms with Crippen molar-refractivity contribution < 1.29 is 4.79 Å². The Morgan fingerprint density at radius 3 is 2.38 bits per heavy atom. The fourth-order valence-electron chi connectivity index (χ4n) is 4.97. The first-order valence-corrected chi connectivity index (χ1v) is 14.3. The molecular formula is C31H26N2O2S2. The highest BCUT2D eigenvalue weighted by molar-refractivity contribution is 7.99. The second-order valence-corrected chi connectivity index (χ2v) is 11.6. The maximum absolute atomic E-state index is 13.9. The molecule has 6 heteroatoms. The number of aromatic nitrogens is 2. The minimum absolute atomic E-state index is 0.0119. The first-order valence-electron chi connectivity index (χ1n) is 12.5. The number of thioether (sulfide) groups is 1. The van der Waals surface area contributed by atoms with E-state index in [-0.39, 0.29) is 17.1 Å². The molecular weight excluding hydrogens is 496 g/mol. The van der Waals surface area contributed by atoms with Gasteiger partial charge in [-0.3, -0.25) is 14.2 Å². The fraction of sp³-hybridized carbons (Fsp3) is 0.194. The zero-order chi connectivity index (χ0) is 25.4. The van der Waals surface area contributed by atoms with Crippen LogP contribution in [0.5, 0.6) is 0 Å². The third-order valence-electron chi connectivity index (χ3n) is 6.96. The molecule has 5 aromatic rings. The summed E-state index contributed by atoms with van der Waals surface area (Å²) >= 11 is 2.97. The zero-order valence-electron chi connectivity index (χ0n) is 20.5. The molecule has 0 fully saturated rings. The van der Waals surface area contributed by atoms with Gasteiger partial charge in [-0.05, 0) is 54.0 Å². The van der Waals surface area contributed by atoms with E-state index in [1.807, 2.05) is 72.8 Å². The van der Waals surface area contributed by atoms with Crippen LogP contribution in [0.1, 0.15) is 34.1 Å². The minimum Gasteiger partial charge on any atom is -0.293 e. The predicted molar refractivity (Wildman–Crippen MR) is 153 cm³/mol. The van der Waals surface area contributed by atoms with Crippen LogP contribution < -0.4 is 5.56 Å². The largest absolute Gasteiger partial charge is 0.293 e. The summed E-state index contributed by atoms with van der Waals surface area (Å²) in [6.45, 7) is 2.27. The third kappa shape index (κ3) is 4.67. The Bertz CT molecular complexity index is 1640. The molecule has 0 aliphatic heterocycles. The zero-order valence-corrected chi connectivity index (χ0v) is 22.1. The van der Waals surface area contributed by atoms with Crippen molar-refractivity contribution in [1.29, 1.82) is 0 Å². The van der Waals surface area contributed by atoms with Crippen molar-refractivity contribution in [2.45, 2.75) is 31.3 Å². The quantitative estimate of drug-likeness (QED) is 0.134. The molecule has 1 aliphatic rings. The lowest BCUT2D eigenvalue weighted by Gasteiger charge is -2.17. The number of Topliss-reactive ketones (excluding diaryl/α,β-unsaturated/α-hetero) is 1. The van der Waals surface area contributed by atoms with Gasteiger partial charge in [-0.1, -0.05) is 91.5 Å². The number of carbonyl (C=O) groups is 1. The minimum atomic E-state index is -0.0367. The predicted octanol–water partition coefficient (Wildman–Crippen LogP) is 7.21. The summed E-state index contributed by atoms with van der Waals surface area (Å²) in [5, 5.41) is 1.31. The third-order valence-corrected chi connectivity index (χ3v) is 9.05. The maximum atomic E-state index is 13.9. The lowest BCUT2D eigenvalue weighted by atomic mass is 9.89. The van der Waals surface area contributed by atoms with Gasteiger partial charge in [0.05, 0.1) is 16.8 Å². The number of rotatable bonds is 6. The number of benzene rings is 3. The molecule has 0 radical (unpaired) electrons. The molecule has 0 saturated heterocycles. The number of fused-ring (bicyclic) bond motifs is 3. The van der Waals surface area contributed by atoms with Crippen molar-refractivity contribution in [3.8, 4) is 16.8 Å². The summed E-state index contributed by atoms with van der Waals surface area (Å²) in [6.07, 6.45) is 3.02. The monoisotopic (exact) mass is 522 g/mol. The maximum Gasteiger partial charge on any atom is 0.267 e. The van der Waals surface area contributed by atoms with Crippen molar-refractivity contribution in [3.05, 3.63) is 111 Å². The van der Waals surface area contributed by atoms with Gasteiger partial charge in [0.2, 0.25) is 0 Å². The molecule has 4 nitrogen and oxygen atoms in total. The summed E-state index contributed by atoms with van der Waals surface area (Å²) in [5.41, 5.74) is 4.76. The van der Waals surface area contributed by atoms with Crippen LogP contribution in [-0.2, 0) is 12.8 Å². The highest BCUT2D eigenvalue weighted by Crippen LogP contribution is 2.37. The van der Waals surface area contributed by atoms with E-state index in [0.717, 1.165) is 46.3 Å². The van der Waals surface area contributed by atoms with Crippen LogP contribution >= 0.6 is 23.1 Å². The fourth-order valence-corrected chi connectivity index (χ4v) is 7.30. The van der Waals surface area contributed by atoms with Gasteiger partial charge < -0.3 is 0 Å².